The molecule has 0 aliphatic carbocycles. The molecule has 120 valence electrons. The molecule has 0 fully saturated rings. The molecule has 1 aromatic carbocycles. The number of likely N-dealkylation sites (N-methyl/N-ethyl adjacent to an activating group) is 1. The summed E-state index contributed by atoms with van der Waals surface area (Å²) in [4.78, 5) is 30.3. The Bertz CT molecular complexity index is 771. The highest BCUT2D eigenvalue weighted by molar-refractivity contribution is 5.95. The van der Waals surface area contributed by atoms with E-state index < -0.39 is 11.9 Å². The van der Waals surface area contributed by atoms with E-state index in [9.17, 15) is 14.0 Å². The van der Waals surface area contributed by atoms with E-state index >= 15 is 0 Å². The molecule has 23 heavy (non-hydrogen) atoms. The van der Waals surface area contributed by atoms with Crippen LogP contribution in [0.5, 0.6) is 0 Å². The summed E-state index contributed by atoms with van der Waals surface area (Å²) in [6.07, 6.45) is 3.22. The van der Waals surface area contributed by atoms with E-state index in [-0.39, 0.29) is 23.9 Å². The Morgan fingerprint density at radius 2 is 2.17 bits per heavy atom. The van der Waals surface area contributed by atoms with Crippen LogP contribution in [0.15, 0.2) is 30.7 Å². The second-order valence-electron chi connectivity index (χ2n) is 5.57. The highest BCUT2D eigenvalue weighted by Crippen LogP contribution is 2.23. The molecule has 3 rings (SSSR count). The molecule has 0 spiro atoms. The fraction of sp³-hybridized carbons (Fsp3) is 0.312. The van der Waals surface area contributed by atoms with Crippen LogP contribution in [0.2, 0.25) is 0 Å². The van der Waals surface area contributed by atoms with E-state index in [1.54, 1.807) is 48.1 Å². The van der Waals surface area contributed by atoms with Crippen molar-refractivity contribution in [1.82, 2.24) is 19.8 Å². The topological polar surface area (TPSA) is 67.2 Å². The van der Waals surface area contributed by atoms with Gasteiger partial charge in [0.15, 0.2) is 0 Å². The Balaban J connectivity index is 1.90. The van der Waals surface area contributed by atoms with Crippen molar-refractivity contribution in [3.63, 3.8) is 0 Å². The maximum atomic E-state index is 13.7. The van der Waals surface area contributed by atoms with Crippen LogP contribution in [-0.4, -0.2) is 39.9 Å². The molecule has 0 saturated heterocycles. The number of aryl methyl sites for hydroxylation is 1. The number of fused-ring (bicyclic) bond motifs is 1. The van der Waals surface area contributed by atoms with E-state index in [1.165, 1.54) is 6.07 Å². The van der Waals surface area contributed by atoms with Gasteiger partial charge in [0.05, 0.1) is 25.1 Å². The predicted octanol–water partition coefficient (Wildman–Crippen LogP) is 1.27. The highest BCUT2D eigenvalue weighted by Gasteiger charge is 2.32. The van der Waals surface area contributed by atoms with Gasteiger partial charge in [0.1, 0.15) is 11.9 Å². The Labute approximate surface area is 132 Å². The number of amides is 2. The molecular weight excluding hydrogens is 299 g/mol. The molecule has 6 nitrogen and oxygen atoms in total. The minimum atomic E-state index is -0.537. The summed E-state index contributed by atoms with van der Waals surface area (Å²) in [7, 11) is 1.55. The summed E-state index contributed by atoms with van der Waals surface area (Å²) in [5, 5.41) is 2.60. The molecule has 1 atom stereocenters. The maximum Gasteiger partial charge on any atom is 0.254 e. The minimum absolute atomic E-state index is 0.197. The third kappa shape index (κ3) is 2.69. The van der Waals surface area contributed by atoms with Crippen molar-refractivity contribution in [2.24, 2.45) is 0 Å². The molecule has 1 aromatic heterocycles. The van der Waals surface area contributed by atoms with Gasteiger partial charge in [-0.2, -0.15) is 0 Å². The van der Waals surface area contributed by atoms with E-state index in [0.717, 1.165) is 5.69 Å². The van der Waals surface area contributed by atoms with Gasteiger partial charge in [-0.25, -0.2) is 9.37 Å². The zero-order valence-corrected chi connectivity index (χ0v) is 12.9. The van der Waals surface area contributed by atoms with E-state index in [1.807, 2.05) is 0 Å². The number of carbonyl (C=O) groups is 2. The van der Waals surface area contributed by atoms with E-state index in [0.29, 0.717) is 12.1 Å². The van der Waals surface area contributed by atoms with Crippen LogP contribution in [-0.2, 0) is 11.3 Å². The predicted molar refractivity (Wildman–Crippen MR) is 81.2 cm³/mol. The van der Waals surface area contributed by atoms with Crippen molar-refractivity contribution >= 4 is 11.8 Å². The van der Waals surface area contributed by atoms with Crippen molar-refractivity contribution < 1.29 is 14.0 Å². The SMILES string of the molecule is CNC(=O)C1CN(C(=O)c2ccc(C)c(F)c2)Cc2cncn21. The molecule has 1 N–H and O–H groups in total. The van der Waals surface area contributed by atoms with Gasteiger partial charge in [0.25, 0.3) is 5.91 Å². The molecule has 2 amide bonds. The summed E-state index contributed by atoms with van der Waals surface area (Å²) in [6, 6.07) is 3.87. The first kappa shape index (κ1) is 15.2. The molecule has 2 aromatic rings. The lowest BCUT2D eigenvalue weighted by Gasteiger charge is -2.33. The van der Waals surface area contributed by atoms with Gasteiger partial charge in [-0.3, -0.25) is 9.59 Å². The number of aromatic nitrogens is 2. The van der Waals surface area contributed by atoms with Gasteiger partial charge in [-0.05, 0) is 24.6 Å². The van der Waals surface area contributed by atoms with Crippen LogP contribution >= 0.6 is 0 Å². The second kappa shape index (κ2) is 5.83. The fourth-order valence-electron chi connectivity index (χ4n) is 2.73. The lowest BCUT2D eigenvalue weighted by Crippen LogP contribution is -2.45. The lowest BCUT2D eigenvalue weighted by molar-refractivity contribution is -0.124. The number of nitrogens with zero attached hydrogens (tertiary/aromatic N) is 3. The summed E-state index contributed by atoms with van der Waals surface area (Å²) < 4.78 is 15.5. The van der Waals surface area contributed by atoms with Crippen molar-refractivity contribution in [3.8, 4) is 0 Å². The zero-order chi connectivity index (χ0) is 16.6. The standard InChI is InChI=1S/C16H17FN4O2/c1-10-3-4-11(5-13(10)17)16(23)20-7-12-6-19-9-21(12)14(8-20)15(22)18-2/h3-6,9,14H,7-8H2,1-2H3,(H,18,22). The Morgan fingerprint density at radius 1 is 1.39 bits per heavy atom. The third-order valence-corrected chi connectivity index (χ3v) is 4.08. The Morgan fingerprint density at radius 3 is 2.87 bits per heavy atom. The summed E-state index contributed by atoms with van der Waals surface area (Å²) in [6.45, 7) is 2.20. The number of hydrogen-bond acceptors (Lipinski definition) is 3. The number of imidazole rings is 1. The molecule has 0 saturated carbocycles. The highest BCUT2D eigenvalue weighted by atomic mass is 19.1. The smallest absolute Gasteiger partial charge is 0.254 e. The van der Waals surface area contributed by atoms with E-state index in [4.69, 9.17) is 0 Å². The number of rotatable bonds is 2. The first-order valence-corrected chi connectivity index (χ1v) is 7.29. The van der Waals surface area contributed by atoms with Gasteiger partial charge in [-0.15, -0.1) is 0 Å². The molecule has 0 bridgehead atoms. The number of nitrogens with one attached hydrogen (secondary N) is 1. The average molecular weight is 316 g/mol. The quantitative estimate of drug-likeness (QED) is 0.907. The molecular formula is C16H17FN4O2. The van der Waals surface area contributed by atoms with Crippen LogP contribution < -0.4 is 5.32 Å². The van der Waals surface area contributed by atoms with Crippen LogP contribution in [0.1, 0.15) is 27.7 Å². The zero-order valence-electron chi connectivity index (χ0n) is 12.9. The van der Waals surface area contributed by atoms with Crippen LogP contribution in [0, 0.1) is 12.7 Å². The number of halogens is 1. The van der Waals surface area contributed by atoms with Gasteiger partial charge < -0.3 is 14.8 Å². The van der Waals surface area contributed by atoms with Crippen LogP contribution in [0.3, 0.4) is 0 Å². The maximum absolute atomic E-state index is 13.7. The van der Waals surface area contributed by atoms with Crippen LogP contribution in [0.4, 0.5) is 4.39 Å². The summed E-state index contributed by atoms with van der Waals surface area (Å²) >= 11 is 0. The molecule has 0 radical (unpaired) electrons. The molecule has 7 heteroatoms. The van der Waals surface area contributed by atoms with Crippen LogP contribution in [0.25, 0.3) is 0 Å². The second-order valence-corrected chi connectivity index (χ2v) is 5.57. The molecule has 1 unspecified atom stereocenters. The monoisotopic (exact) mass is 316 g/mol. The van der Waals surface area contributed by atoms with Gasteiger partial charge in [0, 0.05) is 18.8 Å². The lowest BCUT2D eigenvalue weighted by atomic mass is 10.1. The summed E-state index contributed by atoms with van der Waals surface area (Å²) in [5.41, 5.74) is 1.53. The number of carbonyl (C=O) groups excluding carboxylic acids is 2. The number of hydrogen-bond donors (Lipinski definition) is 1. The minimum Gasteiger partial charge on any atom is -0.357 e. The Hall–Kier alpha value is -2.70. The Kier molecular flexibility index (Phi) is 3.85. The van der Waals surface area contributed by atoms with Gasteiger partial charge in [0.2, 0.25) is 5.91 Å². The molecule has 1 aliphatic rings. The van der Waals surface area contributed by atoms with Gasteiger partial charge >= 0.3 is 0 Å². The normalized spacial score (nSPS) is 16.8. The van der Waals surface area contributed by atoms with Crippen molar-refractivity contribution in [3.05, 3.63) is 53.4 Å². The van der Waals surface area contributed by atoms with Gasteiger partial charge in [-0.1, -0.05) is 6.07 Å². The molecule has 2 heterocycles. The average Bonchev–Trinajstić information content (AvgIpc) is 3.03. The largest absolute Gasteiger partial charge is 0.357 e. The summed E-state index contributed by atoms with van der Waals surface area (Å²) in [5.74, 6) is -0.914. The fourth-order valence-corrected chi connectivity index (χ4v) is 2.73. The molecule has 1 aliphatic heterocycles. The first-order valence-electron chi connectivity index (χ1n) is 7.29. The van der Waals surface area contributed by atoms with Crippen molar-refractivity contribution in [1.29, 1.82) is 0 Å². The first-order chi connectivity index (χ1) is 11.0. The third-order valence-electron chi connectivity index (χ3n) is 4.08. The van der Waals surface area contributed by atoms with Crippen molar-refractivity contribution in [2.45, 2.75) is 19.5 Å². The number of benzene rings is 1. The van der Waals surface area contributed by atoms with Crippen molar-refractivity contribution in [2.75, 3.05) is 13.6 Å². The van der Waals surface area contributed by atoms with E-state index in [2.05, 4.69) is 10.3 Å².